The van der Waals surface area contributed by atoms with Gasteiger partial charge in [-0.15, -0.1) is 0 Å². The van der Waals surface area contributed by atoms with Crippen LogP contribution in [0.4, 0.5) is 0 Å². The molecule has 0 aromatic carbocycles. The molecule has 1 saturated heterocycles. The summed E-state index contributed by atoms with van der Waals surface area (Å²) in [6, 6.07) is 0. The van der Waals surface area contributed by atoms with Crippen molar-refractivity contribution in [3.8, 4) is 0 Å². The molecule has 0 bridgehead atoms. The van der Waals surface area contributed by atoms with E-state index < -0.39 is 0 Å². The molecule has 1 aliphatic heterocycles. The number of rotatable bonds is 5. The summed E-state index contributed by atoms with van der Waals surface area (Å²) in [6.45, 7) is 6.39. The van der Waals surface area contributed by atoms with Gasteiger partial charge in [0.15, 0.2) is 0 Å². The predicted octanol–water partition coefficient (Wildman–Crippen LogP) is 0.636. The zero-order valence-corrected chi connectivity index (χ0v) is 9.75. The fourth-order valence-electron chi connectivity index (χ4n) is 1.68. The van der Waals surface area contributed by atoms with Gasteiger partial charge in [0, 0.05) is 18.8 Å². The second kappa shape index (κ2) is 6.67. The van der Waals surface area contributed by atoms with Gasteiger partial charge in [0.05, 0.1) is 19.3 Å². The Balaban J connectivity index is 2.07. The van der Waals surface area contributed by atoms with E-state index in [4.69, 9.17) is 4.74 Å². The summed E-state index contributed by atoms with van der Waals surface area (Å²) in [6.07, 6.45) is 0.932. The van der Waals surface area contributed by atoms with Crippen molar-refractivity contribution < 1.29 is 9.84 Å². The molecule has 1 N–H and O–H groups in total. The van der Waals surface area contributed by atoms with Crippen LogP contribution in [0, 0.1) is 5.92 Å². The van der Waals surface area contributed by atoms with Crippen LogP contribution in [0.5, 0.6) is 0 Å². The van der Waals surface area contributed by atoms with E-state index in [1.165, 1.54) is 0 Å². The Hall–Kier alpha value is 0.230. The SMILES string of the molecule is CC1CCN(CCOCCS)CC1O. The van der Waals surface area contributed by atoms with E-state index in [0.717, 1.165) is 45.0 Å². The van der Waals surface area contributed by atoms with Crippen molar-refractivity contribution in [2.45, 2.75) is 19.4 Å². The number of likely N-dealkylation sites (tertiary alicyclic amines) is 1. The van der Waals surface area contributed by atoms with Crippen molar-refractivity contribution in [1.29, 1.82) is 0 Å². The highest BCUT2D eigenvalue weighted by atomic mass is 32.1. The first kappa shape index (κ1) is 12.3. The smallest absolute Gasteiger partial charge is 0.0693 e. The van der Waals surface area contributed by atoms with Gasteiger partial charge in [0.25, 0.3) is 0 Å². The van der Waals surface area contributed by atoms with Gasteiger partial charge in [-0.2, -0.15) is 12.6 Å². The third kappa shape index (κ3) is 4.17. The molecule has 1 rings (SSSR count). The lowest BCUT2D eigenvalue weighted by Crippen LogP contribution is -2.44. The number of aliphatic hydroxyl groups excluding tert-OH is 1. The van der Waals surface area contributed by atoms with Crippen LogP contribution in [0.15, 0.2) is 0 Å². The van der Waals surface area contributed by atoms with Crippen molar-refractivity contribution in [1.82, 2.24) is 4.90 Å². The van der Waals surface area contributed by atoms with Gasteiger partial charge >= 0.3 is 0 Å². The van der Waals surface area contributed by atoms with Gasteiger partial charge in [-0.25, -0.2) is 0 Å². The van der Waals surface area contributed by atoms with E-state index in [1.54, 1.807) is 0 Å². The predicted molar refractivity (Wildman–Crippen MR) is 60.9 cm³/mol. The topological polar surface area (TPSA) is 32.7 Å². The Morgan fingerprint density at radius 3 is 2.93 bits per heavy atom. The van der Waals surface area contributed by atoms with E-state index in [2.05, 4.69) is 24.5 Å². The lowest BCUT2D eigenvalue weighted by molar-refractivity contribution is 0.0158. The summed E-state index contributed by atoms with van der Waals surface area (Å²) in [5, 5.41) is 9.66. The van der Waals surface area contributed by atoms with Crippen molar-refractivity contribution >= 4 is 12.6 Å². The lowest BCUT2D eigenvalue weighted by atomic mass is 9.96. The van der Waals surface area contributed by atoms with Crippen molar-refractivity contribution in [2.75, 3.05) is 38.6 Å². The van der Waals surface area contributed by atoms with Gasteiger partial charge in [-0.05, 0) is 18.9 Å². The molecule has 4 heteroatoms. The van der Waals surface area contributed by atoms with Crippen LogP contribution in [0.3, 0.4) is 0 Å². The summed E-state index contributed by atoms with van der Waals surface area (Å²) < 4.78 is 5.35. The molecule has 14 heavy (non-hydrogen) atoms. The molecule has 0 amide bonds. The van der Waals surface area contributed by atoms with E-state index in [1.807, 2.05) is 0 Å². The Morgan fingerprint density at radius 1 is 1.50 bits per heavy atom. The van der Waals surface area contributed by atoms with Gasteiger partial charge < -0.3 is 9.84 Å². The third-order valence-corrected chi connectivity index (χ3v) is 2.97. The third-order valence-electron chi connectivity index (χ3n) is 2.79. The number of nitrogens with zero attached hydrogens (tertiary/aromatic N) is 1. The van der Waals surface area contributed by atoms with Gasteiger partial charge in [-0.1, -0.05) is 6.92 Å². The molecule has 2 atom stereocenters. The number of thiol groups is 1. The number of β-amino-alcohol motifs (C(OH)–C–C–N with tert-alkyl or cyclic N) is 1. The maximum Gasteiger partial charge on any atom is 0.0693 e. The largest absolute Gasteiger partial charge is 0.392 e. The first-order valence-electron chi connectivity index (χ1n) is 5.33. The van der Waals surface area contributed by atoms with Crippen LogP contribution in [-0.4, -0.2) is 54.7 Å². The molecule has 0 aromatic rings. The Bertz CT molecular complexity index is 157. The van der Waals surface area contributed by atoms with Crippen LogP contribution in [0.25, 0.3) is 0 Å². The van der Waals surface area contributed by atoms with Crippen molar-refractivity contribution in [3.05, 3.63) is 0 Å². The van der Waals surface area contributed by atoms with Crippen molar-refractivity contribution in [2.24, 2.45) is 5.92 Å². The summed E-state index contributed by atoms with van der Waals surface area (Å²) in [5.41, 5.74) is 0. The number of piperidine rings is 1. The molecule has 1 heterocycles. The summed E-state index contributed by atoms with van der Waals surface area (Å²) >= 11 is 4.07. The minimum Gasteiger partial charge on any atom is -0.392 e. The Labute approximate surface area is 91.8 Å². The fourth-order valence-corrected chi connectivity index (χ4v) is 1.81. The first-order chi connectivity index (χ1) is 6.74. The normalized spacial score (nSPS) is 29.4. The van der Waals surface area contributed by atoms with Crippen LogP contribution < -0.4 is 0 Å². The first-order valence-corrected chi connectivity index (χ1v) is 5.96. The highest BCUT2D eigenvalue weighted by Crippen LogP contribution is 2.16. The zero-order valence-electron chi connectivity index (χ0n) is 8.85. The molecule has 0 radical (unpaired) electrons. The second-order valence-corrected chi connectivity index (χ2v) is 4.42. The van der Waals surface area contributed by atoms with Crippen LogP contribution in [-0.2, 0) is 4.74 Å². The Kier molecular flexibility index (Phi) is 5.86. The minimum absolute atomic E-state index is 0.159. The van der Waals surface area contributed by atoms with Crippen LogP contribution in [0.2, 0.25) is 0 Å². The van der Waals surface area contributed by atoms with Crippen LogP contribution in [0.1, 0.15) is 13.3 Å². The molecule has 1 fully saturated rings. The number of hydrogen-bond donors (Lipinski definition) is 2. The van der Waals surface area contributed by atoms with Crippen LogP contribution >= 0.6 is 12.6 Å². The summed E-state index contributed by atoms with van der Waals surface area (Å²) in [5.74, 6) is 1.23. The Morgan fingerprint density at radius 2 is 2.29 bits per heavy atom. The highest BCUT2D eigenvalue weighted by Gasteiger charge is 2.23. The molecule has 84 valence electrons. The lowest BCUT2D eigenvalue weighted by Gasteiger charge is -2.34. The molecule has 0 saturated carbocycles. The molecule has 0 spiro atoms. The van der Waals surface area contributed by atoms with Crippen molar-refractivity contribution in [3.63, 3.8) is 0 Å². The maximum atomic E-state index is 9.66. The van der Waals surface area contributed by atoms with E-state index >= 15 is 0 Å². The zero-order chi connectivity index (χ0) is 10.4. The standard InChI is InChI=1S/C10H21NO2S/c1-9-2-3-11(8-10(9)12)4-5-13-6-7-14/h9-10,12,14H,2-8H2,1H3. The quantitative estimate of drug-likeness (QED) is 0.526. The summed E-state index contributed by atoms with van der Waals surface area (Å²) in [4.78, 5) is 2.27. The average molecular weight is 219 g/mol. The number of ether oxygens (including phenoxy) is 1. The minimum atomic E-state index is -0.159. The van der Waals surface area contributed by atoms with Gasteiger partial charge in [0.2, 0.25) is 0 Å². The van der Waals surface area contributed by atoms with Gasteiger partial charge in [-0.3, -0.25) is 4.90 Å². The van der Waals surface area contributed by atoms with E-state index in [9.17, 15) is 5.11 Å². The molecule has 2 unspecified atom stereocenters. The fraction of sp³-hybridized carbons (Fsp3) is 1.00. The second-order valence-electron chi connectivity index (χ2n) is 3.97. The average Bonchev–Trinajstić information content (AvgIpc) is 2.18. The highest BCUT2D eigenvalue weighted by molar-refractivity contribution is 7.80. The molecule has 1 aliphatic rings. The van der Waals surface area contributed by atoms with Gasteiger partial charge in [0.1, 0.15) is 0 Å². The molecular formula is C10H21NO2S. The molecule has 0 aromatic heterocycles. The summed E-state index contributed by atoms with van der Waals surface area (Å²) in [7, 11) is 0. The monoisotopic (exact) mass is 219 g/mol. The van der Waals surface area contributed by atoms with E-state index in [-0.39, 0.29) is 6.10 Å². The molecule has 3 nitrogen and oxygen atoms in total. The molecular weight excluding hydrogens is 198 g/mol. The maximum absolute atomic E-state index is 9.66. The number of hydrogen-bond acceptors (Lipinski definition) is 4. The van der Waals surface area contributed by atoms with E-state index in [0.29, 0.717) is 5.92 Å². The molecule has 0 aliphatic carbocycles. The number of aliphatic hydroxyl groups is 1.